The first-order chi connectivity index (χ1) is 16.7. The van der Waals surface area contributed by atoms with Gasteiger partial charge in [0.25, 0.3) is 0 Å². The lowest BCUT2D eigenvalue weighted by Gasteiger charge is -2.26. The number of carbonyl (C=O) groups is 4. The molecule has 0 bridgehead atoms. The molecular weight excluding hydrogens is 472 g/mol. The number of rotatable bonds is 9. The molecule has 0 saturated heterocycles. The maximum absolute atomic E-state index is 12.4. The van der Waals surface area contributed by atoms with Gasteiger partial charge in [0.15, 0.2) is 11.5 Å². The molecule has 2 aromatic carbocycles. The van der Waals surface area contributed by atoms with Crippen molar-refractivity contribution < 1.29 is 43.6 Å². The molecule has 0 spiro atoms. The first-order valence-corrected chi connectivity index (χ1v) is 10.9. The van der Waals surface area contributed by atoms with Gasteiger partial charge in [-0.15, -0.1) is 0 Å². The summed E-state index contributed by atoms with van der Waals surface area (Å²) in [6.45, 7) is 7.30. The van der Waals surface area contributed by atoms with Gasteiger partial charge in [0, 0.05) is 6.42 Å². The third-order valence-corrected chi connectivity index (χ3v) is 5.05. The maximum atomic E-state index is 12.4. The fraction of sp³-hybridized carbons (Fsp3) is 0.360. The summed E-state index contributed by atoms with van der Waals surface area (Å²) >= 11 is 0. The van der Waals surface area contributed by atoms with Crippen LogP contribution in [0.3, 0.4) is 0 Å². The molecule has 4 N–H and O–H groups in total. The zero-order valence-corrected chi connectivity index (χ0v) is 20.7. The van der Waals surface area contributed by atoms with Crippen LogP contribution < -0.4 is 15.6 Å². The van der Waals surface area contributed by atoms with E-state index >= 15 is 0 Å². The second kappa shape index (κ2) is 11.5. The lowest BCUT2D eigenvalue weighted by atomic mass is 9.93. The lowest BCUT2D eigenvalue weighted by molar-refractivity contribution is -0.161. The van der Waals surface area contributed by atoms with Gasteiger partial charge >= 0.3 is 24.0 Å². The Morgan fingerprint density at radius 1 is 0.972 bits per heavy atom. The number of aryl methyl sites for hydroxylation is 1. The molecule has 11 heteroatoms. The monoisotopic (exact) mass is 502 g/mol. The molecule has 0 radical (unpaired) electrons. The van der Waals surface area contributed by atoms with Gasteiger partial charge in [-0.3, -0.25) is 15.0 Å². The summed E-state index contributed by atoms with van der Waals surface area (Å²) < 4.78 is 14.8. The Morgan fingerprint density at radius 3 is 2.22 bits per heavy atom. The van der Waals surface area contributed by atoms with Crippen LogP contribution in [0.4, 0.5) is 4.79 Å². The Bertz CT molecular complexity index is 1140. The van der Waals surface area contributed by atoms with Crippen molar-refractivity contribution in [2.24, 2.45) is 5.41 Å². The Morgan fingerprint density at radius 2 is 1.64 bits per heavy atom. The fourth-order valence-electron chi connectivity index (χ4n) is 2.88. The standard InChI is InChI=1S/C25H30N2O9/c1-15-8-6-7-9-17(15)20(29)36-19-11-10-16(12-18(19)28)13-25(5,21(30)31)27-26-23(33)35-14-34-22(32)24(2,3)4/h6-12,27-28H,13-14H2,1-5H3,(H,26,33)(H,30,31). The molecule has 1 amide bonds. The van der Waals surface area contributed by atoms with Crippen LogP contribution in [0.2, 0.25) is 0 Å². The number of nitrogens with one attached hydrogen (secondary N) is 2. The van der Waals surface area contributed by atoms with Gasteiger partial charge in [-0.2, -0.15) is 0 Å². The van der Waals surface area contributed by atoms with Crippen molar-refractivity contribution in [3.8, 4) is 11.5 Å². The molecule has 0 aliphatic heterocycles. The molecule has 0 fully saturated rings. The number of esters is 2. The second-order valence-electron chi connectivity index (χ2n) is 9.30. The number of hydrogen-bond acceptors (Lipinski definition) is 9. The Labute approximate surface area is 208 Å². The van der Waals surface area contributed by atoms with Crippen molar-refractivity contribution in [2.75, 3.05) is 6.79 Å². The number of amides is 1. The summed E-state index contributed by atoms with van der Waals surface area (Å²) in [6, 6.07) is 10.9. The largest absolute Gasteiger partial charge is 0.504 e. The molecule has 11 nitrogen and oxygen atoms in total. The highest BCUT2D eigenvalue weighted by Gasteiger charge is 2.34. The normalized spacial score (nSPS) is 12.7. The van der Waals surface area contributed by atoms with E-state index in [1.807, 2.05) is 0 Å². The number of aromatic hydroxyl groups is 1. The Hall–Kier alpha value is -4.12. The minimum absolute atomic E-state index is 0.0940. The molecule has 0 saturated carbocycles. The topological polar surface area (TPSA) is 160 Å². The van der Waals surface area contributed by atoms with E-state index in [9.17, 15) is 29.4 Å². The molecule has 2 aromatic rings. The van der Waals surface area contributed by atoms with Crippen LogP contribution in [0.5, 0.6) is 11.5 Å². The molecular formula is C25H30N2O9. The summed E-state index contributed by atoms with van der Waals surface area (Å²) in [4.78, 5) is 47.8. The number of benzene rings is 2. The van der Waals surface area contributed by atoms with E-state index in [4.69, 9.17) is 14.2 Å². The summed E-state index contributed by atoms with van der Waals surface area (Å²) in [5.74, 6) is -2.99. The van der Waals surface area contributed by atoms with E-state index in [1.54, 1.807) is 52.0 Å². The summed E-state index contributed by atoms with van der Waals surface area (Å²) in [7, 11) is 0. The molecule has 0 heterocycles. The highest BCUT2D eigenvalue weighted by atomic mass is 16.7. The third-order valence-electron chi connectivity index (χ3n) is 5.05. The molecule has 1 atom stereocenters. The quantitative estimate of drug-likeness (QED) is 0.174. The fourth-order valence-corrected chi connectivity index (χ4v) is 2.88. The molecule has 0 aliphatic rings. The maximum Gasteiger partial charge on any atom is 0.424 e. The van der Waals surface area contributed by atoms with E-state index in [-0.39, 0.29) is 17.9 Å². The number of hydrogen-bond donors (Lipinski definition) is 4. The van der Waals surface area contributed by atoms with Gasteiger partial charge in [0.1, 0.15) is 5.54 Å². The number of aliphatic carboxylic acids is 1. The number of carbonyl (C=O) groups excluding carboxylic acids is 3. The molecule has 36 heavy (non-hydrogen) atoms. The van der Waals surface area contributed by atoms with E-state index in [1.165, 1.54) is 25.1 Å². The van der Waals surface area contributed by atoms with E-state index in [2.05, 4.69) is 10.9 Å². The van der Waals surface area contributed by atoms with E-state index in [0.29, 0.717) is 16.7 Å². The van der Waals surface area contributed by atoms with Crippen molar-refractivity contribution >= 4 is 24.0 Å². The van der Waals surface area contributed by atoms with Gasteiger partial charge in [0.2, 0.25) is 6.79 Å². The molecule has 0 aromatic heterocycles. The number of carboxylic acids is 1. The van der Waals surface area contributed by atoms with Crippen molar-refractivity contribution in [1.29, 1.82) is 0 Å². The Balaban J connectivity index is 1.99. The smallest absolute Gasteiger partial charge is 0.424 e. The SMILES string of the molecule is Cc1ccccc1C(=O)Oc1ccc(CC(C)(NNC(=O)OCOC(=O)C(C)(C)C)C(=O)O)cc1O. The minimum Gasteiger partial charge on any atom is -0.504 e. The van der Waals surface area contributed by atoms with Crippen molar-refractivity contribution in [2.45, 2.75) is 46.6 Å². The van der Waals surface area contributed by atoms with Crippen molar-refractivity contribution in [3.05, 3.63) is 59.2 Å². The number of phenolic OH excluding ortho intramolecular Hbond substituents is 1. The predicted octanol–water partition coefficient (Wildman–Crippen LogP) is 3.08. The van der Waals surface area contributed by atoms with Gasteiger partial charge in [-0.05, 0) is 63.9 Å². The summed E-state index contributed by atoms with van der Waals surface area (Å²) in [6.07, 6.45) is -1.24. The van der Waals surface area contributed by atoms with Gasteiger partial charge in [-0.1, -0.05) is 24.3 Å². The first kappa shape index (κ1) is 28.1. The van der Waals surface area contributed by atoms with E-state index < -0.39 is 41.7 Å². The van der Waals surface area contributed by atoms with Gasteiger partial charge in [0.05, 0.1) is 11.0 Å². The summed E-state index contributed by atoms with van der Waals surface area (Å²) in [5, 5.41) is 20.0. The average Bonchev–Trinajstić information content (AvgIpc) is 2.79. The minimum atomic E-state index is -1.72. The predicted molar refractivity (Wildman–Crippen MR) is 127 cm³/mol. The second-order valence-corrected chi connectivity index (χ2v) is 9.30. The lowest BCUT2D eigenvalue weighted by Crippen LogP contribution is -2.58. The number of hydrazine groups is 1. The molecule has 194 valence electrons. The number of carboxylic acid groups (broad SMARTS) is 1. The number of phenols is 1. The van der Waals surface area contributed by atoms with Crippen LogP contribution in [-0.2, 0) is 25.5 Å². The average molecular weight is 503 g/mol. The number of ether oxygens (including phenoxy) is 3. The van der Waals surface area contributed by atoms with Gasteiger partial charge < -0.3 is 24.4 Å². The zero-order chi connectivity index (χ0) is 27.1. The summed E-state index contributed by atoms with van der Waals surface area (Å²) in [5.41, 5.74) is 3.40. The Kier molecular flexibility index (Phi) is 9.01. The van der Waals surface area contributed by atoms with Crippen LogP contribution in [0.25, 0.3) is 0 Å². The molecule has 1 unspecified atom stereocenters. The van der Waals surface area contributed by atoms with Crippen LogP contribution in [-0.4, -0.2) is 46.5 Å². The molecule has 2 rings (SSSR count). The highest BCUT2D eigenvalue weighted by Crippen LogP contribution is 2.29. The third kappa shape index (κ3) is 7.70. The van der Waals surface area contributed by atoms with Crippen LogP contribution in [0.1, 0.15) is 49.2 Å². The van der Waals surface area contributed by atoms with Crippen molar-refractivity contribution in [3.63, 3.8) is 0 Å². The van der Waals surface area contributed by atoms with Crippen LogP contribution >= 0.6 is 0 Å². The van der Waals surface area contributed by atoms with Crippen LogP contribution in [0.15, 0.2) is 42.5 Å². The zero-order valence-electron chi connectivity index (χ0n) is 20.7. The first-order valence-electron chi connectivity index (χ1n) is 10.9. The van der Waals surface area contributed by atoms with Gasteiger partial charge in [-0.25, -0.2) is 15.0 Å². The van der Waals surface area contributed by atoms with E-state index in [0.717, 1.165) is 0 Å². The highest BCUT2D eigenvalue weighted by molar-refractivity contribution is 5.92. The van der Waals surface area contributed by atoms with Crippen LogP contribution in [0, 0.1) is 12.3 Å². The van der Waals surface area contributed by atoms with Crippen molar-refractivity contribution in [1.82, 2.24) is 10.9 Å². The molecule has 0 aliphatic carbocycles.